The number of nitrogen functional groups attached to an aromatic ring is 1. The molecule has 1 amide bonds. The van der Waals surface area contributed by atoms with Gasteiger partial charge in [-0.15, -0.1) is 0 Å². The molecule has 0 fully saturated rings. The number of aliphatic carboxylic acids is 1. The first-order valence-electron chi connectivity index (χ1n) is 4.66. The van der Waals surface area contributed by atoms with Crippen molar-refractivity contribution in [1.29, 1.82) is 0 Å². The molecule has 0 heterocycles. The number of anilines is 1. The second kappa shape index (κ2) is 5.26. The smallest absolute Gasteiger partial charge is 0.334 e. The summed E-state index contributed by atoms with van der Waals surface area (Å²) in [6.07, 6.45) is -1.71. The van der Waals surface area contributed by atoms with E-state index < -0.39 is 30.3 Å². The molecule has 0 aliphatic carbocycles. The molecule has 6 nitrogen and oxygen atoms in total. The number of hydrogen-bond donors (Lipinski definition) is 4. The number of carbonyl (C=O) groups is 2. The molecular formula is C10H11FN2O4. The van der Waals surface area contributed by atoms with Crippen molar-refractivity contribution in [2.75, 3.05) is 12.3 Å². The van der Waals surface area contributed by atoms with E-state index in [4.69, 9.17) is 15.9 Å². The fourth-order valence-electron chi connectivity index (χ4n) is 1.10. The third-order valence-corrected chi connectivity index (χ3v) is 2.00. The van der Waals surface area contributed by atoms with Crippen molar-refractivity contribution in [3.63, 3.8) is 0 Å². The summed E-state index contributed by atoms with van der Waals surface area (Å²) in [5, 5.41) is 19.4. The molecule has 1 aromatic rings. The topological polar surface area (TPSA) is 113 Å². The van der Waals surface area contributed by atoms with E-state index in [0.717, 1.165) is 12.1 Å². The molecule has 0 saturated carbocycles. The van der Waals surface area contributed by atoms with Crippen LogP contribution in [0, 0.1) is 5.82 Å². The zero-order valence-electron chi connectivity index (χ0n) is 8.68. The summed E-state index contributed by atoms with van der Waals surface area (Å²) >= 11 is 0. The van der Waals surface area contributed by atoms with Gasteiger partial charge in [-0.2, -0.15) is 0 Å². The first-order valence-corrected chi connectivity index (χ1v) is 4.66. The fourth-order valence-corrected chi connectivity index (χ4v) is 1.10. The SMILES string of the molecule is Nc1ccc(F)cc1C(=O)NCC(O)C(=O)O. The molecule has 1 unspecified atom stereocenters. The molecule has 0 saturated heterocycles. The van der Waals surface area contributed by atoms with E-state index in [1.165, 1.54) is 6.07 Å². The Balaban J connectivity index is 2.70. The Morgan fingerprint density at radius 2 is 2.12 bits per heavy atom. The standard InChI is InChI=1S/C10H11FN2O4/c11-5-1-2-7(12)6(3-5)9(15)13-4-8(14)10(16)17/h1-3,8,14H,4,12H2,(H,13,15)(H,16,17). The highest BCUT2D eigenvalue weighted by atomic mass is 19.1. The van der Waals surface area contributed by atoms with Crippen LogP contribution in [0.2, 0.25) is 0 Å². The number of aliphatic hydroxyl groups excluding tert-OH is 1. The molecule has 5 N–H and O–H groups in total. The number of hydrogen-bond acceptors (Lipinski definition) is 4. The van der Waals surface area contributed by atoms with Crippen molar-refractivity contribution in [1.82, 2.24) is 5.32 Å². The lowest BCUT2D eigenvalue weighted by molar-refractivity contribution is -0.146. The van der Waals surface area contributed by atoms with E-state index in [9.17, 15) is 14.0 Å². The number of aliphatic hydroxyl groups is 1. The average molecular weight is 242 g/mol. The maximum Gasteiger partial charge on any atom is 0.334 e. The number of halogens is 1. The monoisotopic (exact) mass is 242 g/mol. The van der Waals surface area contributed by atoms with Gasteiger partial charge in [-0.25, -0.2) is 9.18 Å². The third kappa shape index (κ3) is 3.42. The van der Waals surface area contributed by atoms with Gasteiger partial charge in [0.1, 0.15) is 5.82 Å². The van der Waals surface area contributed by atoms with Gasteiger partial charge in [-0.3, -0.25) is 4.79 Å². The van der Waals surface area contributed by atoms with E-state index >= 15 is 0 Å². The Morgan fingerprint density at radius 3 is 2.71 bits per heavy atom. The molecule has 1 rings (SSSR count). The predicted octanol–water partition coefficient (Wildman–Crippen LogP) is -0.417. The minimum Gasteiger partial charge on any atom is -0.479 e. The fraction of sp³-hybridized carbons (Fsp3) is 0.200. The minimum absolute atomic E-state index is 0.0636. The van der Waals surface area contributed by atoms with Gasteiger partial charge in [-0.05, 0) is 18.2 Å². The average Bonchev–Trinajstić information content (AvgIpc) is 2.28. The highest BCUT2D eigenvalue weighted by Gasteiger charge is 2.16. The molecule has 0 aliphatic heterocycles. The molecule has 0 spiro atoms. The number of rotatable bonds is 4. The normalized spacial score (nSPS) is 11.9. The van der Waals surface area contributed by atoms with Crippen LogP contribution in [0.4, 0.5) is 10.1 Å². The summed E-state index contributed by atoms with van der Waals surface area (Å²) in [7, 11) is 0. The van der Waals surface area contributed by atoms with Crippen LogP contribution in [0.1, 0.15) is 10.4 Å². The van der Waals surface area contributed by atoms with Gasteiger partial charge in [0.2, 0.25) is 0 Å². The molecule has 92 valence electrons. The van der Waals surface area contributed by atoms with E-state index in [0.29, 0.717) is 0 Å². The van der Waals surface area contributed by atoms with Gasteiger partial charge < -0.3 is 21.3 Å². The van der Waals surface area contributed by atoms with Crippen LogP contribution < -0.4 is 11.1 Å². The highest BCUT2D eigenvalue weighted by Crippen LogP contribution is 2.12. The van der Waals surface area contributed by atoms with Gasteiger partial charge in [-0.1, -0.05) is 0 Å². The van der Waals surface area contributed by atoms with Crippen molar-refractivity contribution < 1.29 is 24.2 Å². The molecule has 1 aromatic carbocycles. The summed E-state index contributed by atoms with van der Waals surface area (Å²) in [4.78, 5) is 21.8. The quantitative estimate of drug-likeness (QED) is 0.536. The molecule has 0 aliphatic rings. The summed E-state index contributed by atoms with van der Waals surface area (Å²) in [5.41, 5.74) is 5.41. The molecular weight excluding hydrogens is 231 g/mol. The Labute approximate surface area is 95.9 Å². The van der Waals surface area contributed by atoms with Crippen molar-refractivity contribution in [2.45, 2.75) is 6.10 Å². The summed E-state index contributed by atoms with van der Waals surface area (Å²) in [6.45, 7) is -0.482. The van der Waals surface area contributed by atoms with Crippen molar-refractivity contribution >= 4 is 17.6 Å². The molecule has 0 aromatic heterocycles. The Hall–Kier alpha value is -2.15. The van der Waals surface area contributed by atoms with Gasteiger partial charge >= 0.3 is 5.97 Å². The summed E-state index contributed by atoms with van der Waals surface area (Å²) < 4.78 is 12.9. The second-order valence-electron chi connectivity index (χ2n) is 3.30. The Morgan fingerprint density at radius 1 is 1.47 bits per heavy atom. The van der Waals surface area contributed by atoms with Gasteiger partial charge in [0.25, 0.3) is 5.91 Å². The Kier molecular flexibility index (Phi) is 4.00. The molecule has 7 heteroatoms. The van der Waals surface area contributed by atoms with Crippen molar-refractivity contribution in [2.24, 2.45) is 0 Å². The zero-order valence-corrected chi connectivity index (χ0v) is 8.68. The Bertz CT molecular complexity index is 450. The lowest BCUT2D eigenvalue weighted by Crippen LogP contribution is -2.36. The number of carbonyl (C=O) groups excluding carboxylic acids is 1. The number of benzene rings is 1. The van der Waals surface area contributed by atoms with Crippen LogP contribution >= 0.6 is 0 Å². The van der Waals surface area contributed by atoms with Crippen LogP contribution in [0.5, 0.6) is 0 Å². The number of nitrogens with one attached hydrogen (secondary N) is 1. The van der Waals surface area contributed by atoms with Crippen LogP contribution in [-0.4, -0.2) is 34.7 Å². The van der Waals surface area contributed by atoms with Gasteiger partial charge in [0.15, 0.2) is 6.10 Å². The molecule has 1 atom stereocenters. The summed E-state index contributed by atoms with van der Waals surface area (Å²) in [5.74, 6) is -2.84. The van der Waals surface area contributed by atoms with Crippen molar-refractivity contribution in [3.8, 4) is 0 Å². The van der Waals surface area contributed by atoms with Crippen molar-refractivity contribution in [3.05, 3.63) is 29.6 Å². The maximum absolute atomic E-state index is 12.9. The van der Waals surface area contributed by atoms with E-state index in [2.05, 4.69) is 5.32 Å². The largest absolute Gasteiger partial charge is 0.479 e. The molecule has 0 radical (unpaired) electrons. The van der Waals surface area contributed by atoms with Crippen LogP contribution in [0.15, 0.2) is 18.2 Å². The first-order chi connectivity index (χ1) is 7.91. The van der Waals surface area contributed by atoms with Crippen LogP contribution in [0.25, 0.3) is 0 Å². The lowest BCUT2D eigenvalue weighted by Gasteiger charge is -2.09. The predicted molar refractivity (Wildman–Crippen MR) is 56.8 cm³/mol. The second-order valence-corrected chi connectivity index (χ2v) is 3.30. The molecule has 0 bridgehead atoms. The maximum atomic E-state index is 12.9. The van der Waals surface area contributed by atoms with Crippen LogP contribution in [0.3, 0.4) is 0 Å². The van der Waals surface area contributed by atoms with Crippen LogP contribution in [-0.2, 0) is 4.79 Å². The third-order valence-electron chi connectivity index (χ3n) is 2.00. The van der Waals surface area contributed by atoms with Gasteiger partial charge in [0, 0.05) is 5.69 Å². The number of nitrogens with two attached hydrogens (primary N) is 1. The molecule has 17 heavy (non-hydrogen) atoms. The minimum atomic E-state index is -1.71. The van der Waals surface area contributed by atoms with E-state index in [1.807, 2.05) is 0 Å². The first kappa shape index (κ1) is 12.9. The number of carboxylic acid groups (broad SMARTS) is 1. The van der Waals surface area contributed by atoms with Gasteiger partial charge in [0.05, 0.1) is 12.1 Å². The number of amides is 1. The highest BCUT2D eigenvalue weighted by molar-refractivity contribution is 5.99. The summed E-state index contributed by atoms with van der Waals surface area (Å²) in [6, 6.07) is 3.24. The van der Waals surface area contributed by atoms with E-state index in [1.54, 1.807) is 0 Å². The van der Waals surface area contributed by atoms with E-state index in [-0.39, 0.29) is 11.3 Å². The lowest BCUT2D eigenvalue weighted by atomic mass is 10.1. The number of carboxylic acids is 1. The zero-order chi connectivity index (χ0) is 13.0.